The summed E-state index contributed by atoms with van der Waals surface area (Å²) < 4.78 is 28.7. The van der Waals surface area contributed by atoms with Crippen molar-refractivity contribution in [3.05, 3.63) is 18.2 Å². The van der Waals surface area contributed by atoms with Crippen molar-refractivity contribution in [3.8, 4) is 0 Å². The normalized spacial score (nSPS) is 16.4. The molecule has 5 N–H and O–H groups in total. The van der Waals surface area contributed by atoms with Gasteiger partial charge >= 0.3 is 0 Å². The van der Waals surface area contributed by atoms with Crippen molar-refractivity contribution in [2.75, 3.05) is 24.2 Å². The van der Waals surface area contributed by atoms with Crippen LogP contribution in [0.5, 0.6) is 0 Å². The van der Waals surface area contributed by atoms with Crippen LogP contribution in [0.1, 0.15) is 25.7 Å². The van der Waals surface area contributed by atoms with E-state index in [-0.39, 0.29) is 4.90 Å². The minimum atomic E-state index is -3.79. The van der Waals surface area contributed by atoms with Crippen molar-refractivity contribution >= 4 is 21.4 Å². The number of anilines is 2. The molecule has 112 valence electrons. The van der Waals surface area contributed by atoms with Crippen LogP contribution >= 0.6 is 0 Å². The van der Waals surface area contributed by atoms with Crippen molar-refractivity contribution in [1.29, 1.82) is 0 Å². The van der Waals surface area contributed by atoms with E-state index in [9.17, 15) is 8.42 Å². The fraction of sp³-hybridized carbons (Fsp3) is 0.538. The topological polar surface area (TPSA) is 107 Å². The zero-order valence-electron chi connectivity index (χ0n) is 11.3. The summed E-state index contributed by atoms with van der Waals surface area (Å²) in [5.74, 6) is 0. The molecule has 0 atom stereocenters. The van der Waals surface area contributed by atoms with E-state index in [1.165, 1.54) is 18.9 Å². The molecule has 0 spiro atoms. The van der Waals surface area contributed by atoms with E-state index < -0.39 is 10.0 Å². The van der Waals surface area contributed by atoms with Crippen LogP contribution in [-0.2, 0) is 14.8 Å². The number of nitrogens with one attached hydrogen (secondary N) is 1. The van der Waals surface area contributed by atoms with E-state index in [0.717, 1.165) is 12.8 Å². The lowest BCUT2D eigenvalue weighted by atomic mass is 10.3. The Morgan fingerprint density at radius 3 is 2.65 bits per heavy atom. The van der Waals surface area contributed by atoms with E-state index in [1.807, 2.05) is 0 Å². The average Bonchev–Trinajstić information content (AvgIpc) is 2.88. The van der Waals surface area contributed by atoms with Crippen molar-refractivity contribution in [3.63, 3.8) is 0 Å². The summed E-state index contributed by atoms with van der Waals surface area (Å²) in [7, 11) is -3.79. The largest absolute Gasteiger partial charge is 0.399 e. The van der Waals surface area contributed by atoms with E-state index in [2.05, 4.69) is 5.32 Å². The Labute approximate surface area is 119 Å². The molecule has 6 nitrogen and oxygen atoms in total. The molecule has 0 unspecified atom stereocenters. The van der Waals surface area contributed by atoms with E-state index in [4.69, 9.17) is 15.6 Å². The van der Waals surface area contributed by atoms with Crippen LogP contribution in [0.2, 0.25) is 0 Å². The van der Waals surface area contributed by atoms with Gasteiger partial charge < -0.3 is 15.8 Å². The average molecular weight is 299 g/mol. The lowest BCUT2D eigenvalue weighted by molar-refractivity contribution is 0.0659. The van der Waals surface area contributed by atoms with Gasteiger partial charge in [0.05, 0.1) is 18.4 Å². The molecule has 1 aromatic rings. The number of nitrogens with two attached hydrogens (primary N) is 2. The number of hydrogen-bond acceptors (Lipinski definition) is 5. The number of hydrogen-bond donors (Lipinski definition) is 3. The maximum atomic E-state index is 11.5. The SMILES string of the molecule is Nc1ccc(NCCOC2CCCC2)c(S(N)(=O)=O)c1. The second-order valence-corrected chi connectivity index (χ2v) is 6.53. The lowest BCUT2D eigenvalue weighted by Crippen LogP contribution is -2.19. The molecule has 1 aliphatic rings. The number of benzene rings is 1. The van der Waals surface area contributed by atoms with E-state index in [0.29, 0.717) is 30.6 Å². The molecule has 0 amide bonds. The third-order valence-electron chi connectivity index (χ3n) is 3.39. The number of nitrogen functional groups attached to an aromatic ring is 1. The third kappa shape index (κ3) is 4.09. The molecular formula is C13H21N3O3S. The van der Waals surface area contributed by atoms with Crippen molar-refractivity contribution < 1.29 is 13.2 Å². The number of ether oxygens (including phenoxy) is 1. The quantitative estimate of drug-likeness (QED) is 0.542. The molecule has 1 fully saturated rings. The Kier molecular flexibility index (Phi) is 4.85. The molecule has 0 aromatic heterocycles. The second kappa shape index (κ2) is 6.43. The summed E-state index contributed by atoms with van der Waals surface area (Å²) in [6.07, 6.45) is 5.03. The molecule has 2 rings (SSSR count). The molecule has 1 saturated carbocycles. The van der Waals surface area contributed by atoms with E-state index >= 15 is 0 Å². The van der Waals surface area contributed by atoms with Gasteiger partial charge in [-0.3, -0.25) is 0 Å². The number of sulfonamides is 1. The van der Waals surface area contributed by atoms with Gasteiger partial charge in [0.2, 0.25) is 10.0 Å². The van der Waals surface area contributed by atoms with Gasteiger partial charge in [0.25, 0.3) is 0 Å². The van der Waals surface area contributed by atoms with Gasteiger partial charge in [-0.1, -0.05) is 12.8 Å². The van der Waals surface area contributed by atoms with Crippen LogP contribution in [0.25, 0.3) is 0 Å². The van der Waals surface area contributed by atoms with E-state index in [1.54, 1.807) is 12.1 Å². The van der Waals surface area contributed by atoms with Crippen LogP contribution in [0.4, 0.5) is 11.4 Å². The minimum Gasteiger partial charge on any atom is -0.399 e. The highest BCUT2D eigenvalue weighted by Crippen LogP contribution is 2.23. The smallest absolute Gasteiger partial charge is 0.240 e. The van der Waals surface area contributed by atoms with Crippen LogP contribution in [0.3, 0.4) is 0 Å². The third-order valence-corrected chi connectivity index (χ3v) is 4.34. The molecule has 0 saturated heterocycles. The van der Waals surface area contributed by atoms with Crippen molar-refractivity contribution in [2.24, 2.45) is 5.14 Å². The van der Waals surface area contributed by atoms with Gasteiger partial charge in [-0.2, -0.15) is 0 Å². The summed E-state index contributed by atoms with van der Waals surface area (Å²) in [4.78, 5) is 0.0124. The molecule has 0 heterocycles. The first kappa shape index (κ1) is 15.1. The predicted molar refractivity (Wildman–Crippen MR) is 78.9 cm³/mol. The van der Waals surface area contributed by atoms with Gasteiger partial charge in [-0.15, -0.1) is 0 Å². The lowest BCUT2D eigenvalue weighted by Gasteiger charge is -2.14. The Bertz CT molecular complexity index is 554. The minimum absolute atomic E-state index is 0.0124. The zero-order chi connectivity index (χ0) is 14.6. The molecule has 1 aliphatic carbocycles. The van der Waals surface area contributed by atoms with Gasteiger partial charge in [0, 0.05) is 12.2 Å². The highest BCUT2D eigenvalue weighted by molar-refractivity contribution is 7.89. The Morgan fingerprint density at radius 1 is 1.30 bits per heavy atom. The van der Waals surface area contributed by atoms with Crippen LogP contribution < -0.4 is 16.2 Å². The maximum Gasteiger partial charge on any atom is 0.240 e. The Hall–Kier alpha value is -1.31. The zero-order valence-corrected chi connectivity index (χ0v) is 12.2. The standard InChI is InChI=1S/C13H21N3O3S/c14-10-5-6-12(13(9-10)20(15,17)18)16-7-8-19-11-3-1-2-4-11/h5-6,9,11,16H,1-4,7-8,14H2,(H2,15,17,18). The highest BCUT2D eigenvalue weighted by atomic mass is 32.2. The summed E-state index contributed by atoms with van der Waals surface area (Å²) in [5, 5.41) is 8.21. The fourth-order valence-corrected chi connectivity index (χ4v) is 3.13. The number of primary sulfonamides is 1. The predicted octanol–water partition coefficient (Wildman–Crippen LogP) is 1.29. The van der Waals surface area contributed by atoms with Crippen LogP contribution in [-0.4, -0.2) is 27.7 Å². The number of rotatable bonds is 6. The molecule has 7 heteroatoms. The maximum absolute atomic E-state index is 11.5. The first-order valence-electron chi connectivity index (χ1n) is 6.74. The van der Waals surface area contributed by atoms with Crippen LogP contribution in [0.15, 0.2) is 23.1 Å². The summed E-state index contributed by atoms with van der Waals surface area (Å²) in [6.45, 7) is 1.07. The first-order valence-corrected chi connectivity index (χ1v) is 8.29. The van der Waals surface area contributed by atoms with Crippen LogP contribution in [0, 0.1) is 0 Å². The molecule has 0 bridgehead atoms. The first-order chi connectivity index (χ1) is 9.47. The molecule has 1 aromatic carbocycles. The van der Waals surface area contributed by atoms with Crippen molar-refractivity contribution in [1.82, 2.24) is 0 Å². The molecular weight excluding hydrogens is 278 g/mol. The van der Waals surface area contributed by atoms with Gasteiger partial charge in [0.1, 0.15) is 4.90 Å². The summed E-state index contributed by atoms with van der Waals surface area (Å²) in [6, 6.07) is 4.61. The summed E-state index contributed by atoms with van der Waals surface area (Å²) >= 11 is 0. The highest BCUT2D eigenvalue weighted by Gasteiger charge is 2.16. The molecule has 20 heavy (non-hydrogen) atoms. The summed E-state index contributed by atoms with van der Waals surface area (Å²) in [5.41, 5.74) is 6.41. The fourth-order valence-electron chi connectivity index (χ4n) is 2.39. The van der Waals surface area contributed by atoms with Gasteiger partial charge in [-0.05, 0) is 31.0 Å². The Morgan fingerprint density at radius 2 is 2.00 bits per heavy atom. The molecule has 0 aliphatic heterocycles. The monoisotopic (exact) mass is 299 g/mol. The second-order valence-electron chi connectivity index (χ2n) is 5.00. The van der Waals surface area contributed by atoms with Crippen molar-refractivity contribution in [2.45, 2.75) is 36.7 Å². The van der Waals surface area contributed by atoms with Gasteiger partial charge in [0.15, 0.2) is 0 Å². The van der Waals surface area contributed by atoms with Gasteiger partial charge in [-0.25, -0.2) is 13.6 Å². The molecule has 0 radical (unpaired) electrons. The Balaban J connectivity index is 1.92.